The van der Waals surface area contributed by atoms with Gasteiger partial charge < -0.3 is 9.47 Å². The molecule has 0 amide bonds. The maximum Gasteiger partial charge on any atom is 0.0619 e. The molecule has 308 valence electrons. The molecular weight excluding hydrogens is 797 g/mol. The van der Waals surface area contributed by atoms with Crippen LogP contribution in [-0.4, -0.2) is 4.57 Å². The summed E-state index contributed by atoms with van der Waals surface area (Å²) in [7, 11) is 0. The molecule has 0 aliphatic rings. The summed E-state index contributed by atoms with van der Waals surface area (Å²) in [6, 6.07) is 93.3. The van der Waals surface area contributed by atoms with Gasteiger partial charge in [-0.2, -0.15) is 0 Å². The molecule has 1 heterocycles. The predicted molar refractivity (Wildman–Crippen MR) is 282 cm³/mol. The second-order valence-corrected chi connectivity index (χ2v) is 17.3. The first-order chi connectivity index (χ1) is 32.7. The first-order valence-corrected chi connectivity index (χ1v) is 22.7. The third-order valence-corrected chi connectivity index (χ3v) is 13.5. The van der Waals surface area contributed by atoms with Crippen LogP contribution >= 0.6 is 0 Å². The minimum absolute atomic E-state index is 1.09. The van der Waals surface area contributed by atoms with Gasteiger partial charge in [0.2, 0.25) is 0 Å². The van der Waals surface area contributed by atoms with E-state index in [4.69, 9.17) is 0 Å². The predicted octanol–water partition coefficient (Wildman–Crippen LogP) is 17.9. The maximum absolute atomic E-state index is 2.45. The van der Waals surface area contributed by atoms with Crippen molar-refractivity contribution < 1.29 is 0 Å². The van der Waals surface area contributed by atoms with Gasteiger partial charge in [-0.1, -0.05) is 200 Å². The van der Waals surface area contributed by atoms with Crippen LogP contribution in [0.2, 0.25) is 0 Å². The van der Waals surface area contributed by atoms with Crippen LogP contribution in [0.1, 0.15) is 0 Å². The number of nitrogens with zero attached hydrogens (tertiary/aromatic N) is 2. The average molecular weight is 839 g/mol. The van der Waals surface area contributed by atoms with Gasteiger partial charge in [-0.15, -0.1) is 0 Å². The fourth-order valence-electron chi connectivity index (χ4n) is 10.4. The molecule has 0 fully saturated rings. The lowest BCUT2D eigenvalue weighted by atomic mass is 9.94. The molecule has 1 aromatic heterocycles. The van der Waals surface area contributed by atoms with Crippen molar-refractivity contribution in [2.75, 3.05) is 4.90 Å². The Hall–Kier alpha value is -8.72. The van der Waals surface area contributed by atoms with Crippen LogP contribution in [0.25, 0.3) is 104 Å². The Morgan fingerprint density at radius 3 is 1.55 bits per heavy atom. The van der Waals surface area contributed by atoms with Crippen LogP contribution in [-0.2, 0) is 0 Å². The molecule has 0 aliphatic carbocycles. The van der Waals surface area contributed by atoms with Crippen molar-refractivity contribution >= 4 is 82.0 Å². The van der Waals surface area contributed by atoms with Crippen LogP contribution in [0.3, 0.4) is 0 Å². The molecule has 0 spiro atoms. The van der Waals surface area contributed by atoms with E-state index in [-0.39, 0.29) is 0 Å². The van der Waals surface area contributed by atoms with Crippen LogP contribution in [0, 0.1) is 0 Å². The zero-order chi connectivity index (χ0) is 43.6. The highest BCUT2D eigenvalue weighted by Crippen LogP contribution is 2.44. The largest absolute Gasteiger partial charge is 0.310 e. The number of benzene rings is 12. The standard InChI is InChI=1S/C64H42N2/c1-3-14-45(15-4-1)54-25-13-18-47-26-27-48(40-61(47)54)43-28-34-52(35-29-43)65(62-42-50-17-8-9-21-55(50)57-23-11-12-24-58(57)62)53-36-30-44(31-37-53)49-33-38-59-60-39-32-46-16-7-10-22-56(46)64(60)66(63(59)41-49)51-19-5-2-6-20-51/h1-42H. The van der Waals surface area contributed by atoms with E-state index in [0.29, 0.717) is 0 Å². The van der Waals surface area contributed by atoms with Crippen LogP contribution in [0.15, 0.2) is 255 Å². The number of fused-ring (bicyclic) bond motifs is 9. The zero-order valence-corrected chi connectivity index (χ0v) is 36.1. The molecule has 2 nitrogen and oxygen atoms in total. The van der Waals surface area contributed by atoms with E-state index in [1.165, 1.54) is 98.3 Å². The minimum atomic E-state index is 1.09. The summed E-state index contributed by atoms with van der Waals surface area (Å²) in [6.45, 7) is 0. The minimum Gasteiger partial charge on any atom is -0.310 e. The van der Waals surface area contributed by atoms with Crippen molar-refractivity contribution in [3.63, 3.8) is 0 Å². The normalized spacial score (nSPS) is 11.6. The molecule has 13 rings (SSSR count). The van der Waals surface area contributed by atoms with Gasteiger partial charge in [0.25, 0.3) is 0 Å². The van der Waals surface area contributed by atoms with Crippen molar-refractivity contribution in [3.05, 3.63) is 255 Å². The van der Waals surface area contributed by atoms with Crippen molar-refractivity contribution in [2.24, 2.45) is 0 Å². The van der Waals surface area contributed by atoms with Gasteiger partial charge in [-0.05, 0) is 120 Å². The summed E-state index contributed by atoms with van der Waals surface area (Å²) < 4.78 is 2.45. The van der Waals surface area contributed by atoms with E-state index in [2.05, 4.69) is 264 Å². The van der Waals surface area contributed by atoms with Gasteiger partial charge >= 0.3 is 0 Å². The highest BCUT2D eigenvalue weighted by Gasteiger charge is 2.20. The Balaban J connectivity index is 0.942. The molecule has 66 heavy (non-hydrogen) atoms. The highest BCUT2D eigenvalue weighted by molar-refractivity contribution is 6.19. The van der Waals surface area contributed by atoms with Gasteiger partial charge in [0.15, 0.2) is 0 Å². The third kappa shape index (κ3) is 6.26. The van der Waals surface area contributed by atoms with Crippen LogP contribution in [0.5, 0.6) is 0 Å². The average Bonchev–Trinajstić information content (AvgIpc) is 3.73. The maximum atomic E-state index is 2.45. The topological polar surface area (TPSA) is 8.17 Å². The lowest BCUT2D eigenvalue weighted by Gasteiger charge is -2.28. The molecule has 0 N–H and O–H groups in total. The summed E-state index contributed by atoms with van der Waals surface area (Å²) in [6.07, 6.45) is 0. The molecule has 0 saturated heterocycles. The van der Waals surface area contributed by atoms with E-state index < -0.39 is 0 Å². The third-order valence-electron chi connectivity index (χ3n) is 13.5. The fraction of sp³-hybridized carbons (Fsp3) is 0. The zero-order valence-electron chi connectivity index (χ0n) is 36.1. The second-order valence-electron chi connectivity index (χ2n) is 17.3. The lowest BCUT2D eigenvalue weighted by molar-refractivity contribution is 1.19. The molecular formula is C64H42N2. The van der Waals surface area contributed by atoms with E-state index in [1.807, 2.05) is 0 Å². The summed E-state index contributed by atoms with van der Waals surface area (Å²) >= 11 is 0. The summed E-state index contributed by atoms with van der Waals surface area (Å²) in [5.41, 5.74) is 14.1. The molecule has 0 bridgehead atoms. The Kier molecular flexibility index (Phi) is 8.89. The first kappa shape index (κ1) is 37.8. The first-order valence-electron chi connectivity index (χ1n) is 22.7. The Morgan fingerprint density at radius 1 is 0.273 bits per heavy atom. The van der Waals surface area contributed by atoms with E-state index in [9.17, 15) is 0 Å². The summed E-state index contributed by atoms with van der Waals surface area (Å²) in [4.78, 5) is 2.43. The van der Waals surface area contributed by atoms with Crippen LogP contribution < -0.4 is 4.90 Å². The molecule has 0 unspecified atom stereocenters. The van der Waals surface area contributed by atoms with Crippen molar-refractivity contribution in [1.82, 2.24) is 4.57 Å². The van der Waals surface area contributed by atoms with Gasteiger partial charge in [-0.25, -0.2) is 0 Å². The Bertz CT molecular complexity index is 3960. The number of hydrogen-bond acceptors (Lipinski definition) is 1. The van der Waals surface area contributed by atoms with Crippen LogP contribution in [0.4, 0.5) is 17.1 Å². The second kappa shape index (κ2) is 15.5. The molecule has 0 radical (unpaired) electrons. The summed E-state index contributed by atoms with van der Waals surface area (Å²) in [5.74, 6) is 0. The molecule has 2 heteroatoms. The monoisotopic (exact) mass is 838 g/mol. The van der Waals surface area contributed by atoms with E-state index >= 15 is 0 Å². The quantitative estimate of drug-likeness (QED) is 0.145. The Morgan fingerprint density at radius 2 is 0.803 bits per heavy atom. The van der Waals surface area contributed by atoms with E-state index in [0.717, 1.165) is 22.7 Å². The SMILES string of the molecule is c1ccc(-c2cccc3ccc(-c4ccc(N(c5ccc(-c6ccc7c8ccc9ccccc9c8n(-c8ccccc8)c7c6)cc5)c5cc6ccccc6c6ccccc56)cc4)cc23)cc1. The van der Waals surface area contributed by atoms with Gasteiger partial charge in [0.05, 0.1) is 16.7 Å². The number of rotatable bonds is 7. The molecule has 0 aliphatic heterocycles. The van der Waals surface area contributed by atoms with Crippen molar-refractivity contribution in [1.29, 1.82) is 0 Å². The summed E-state index contributed by atoms with van der Waals surface area (Å²) in [5, 5.41) is 12.4. The van der Waals surface area contributed by atoms with Crippen molar-refractivity contribution in [2.45, 2.75) is 0 Å². The Labute approximate surface area is 383 Å². The van der Waals surface area contributed by atoms with E-state index in [1.54, 1.807) is 0 Å². The number of aromatic nitrogens is 1. The molecule has 12 aromatic carbocycles. The fourth-order valence-corrected chi connectivity index (χ4v) is 10.4. The molecule has 0 atom stereocenters. The van der Waals surface area contributed by atoms with Crippen molar-refractivity contribution in [3.8, 4) is 39.1 Å². The smallest absolute Gasteiger partial charge is 0.0619 e. The number of hydrogen-bond donors (Lipinski definition) is 0. The molecule has 0 saturated carbocycles. The highest BCUT2D eigenvalue weighted by atomic mass is 15.1. The molecule has 13 aromatic rings. The number of anilines is 3. The lowest BCUT2D eigenvalue weighted by Crippen LogP contribution is -2.10. The number of para-hydroxylation sites is 1. The van der Waals surface area contributed by atoms with Gasteiger partial charge in [0, 0.05) is 38.6 Å². The van der Waals surface area contributed by atoms with Gasteiger partial charge in [-0.3, -0.25) is 0 Å². The van der Waals surface area contributed by atoms with Gasteiger partial charge in [0.1, 0.15) is 0 Å².